The number of hydrogen-bond acceptors (Lipinski definition) is 1. The first-order chi connectivity index (χ1) is 8.54. The summed E-state index contributed by atoms with van der Waals surface area (Å²) in [6.07, 6.45) is 1.91. The molecule has 0 spiro atoms. The highest BCUT2D eigenvalue weighted by Gasteiger charge is 2.15. The molecule has 4 heteroatoms. The van der Waals surface area contributed by atoms with Gasteiger partial charge >= 0.3 is 0 Å². The summed E-state index contributed by atoms with van der Waals surface area (Å²) in [7, 11) is 0. The van der Waals surface area contributed by atoms with Crippen molar-refractivity contribution in [1.82, 2.24) is 9.78 Å². The van der Waals surface area contributed by atoms with Crippen molar-refractivity contribution in [1.29, 1.82) is 0 Å². The van der Waals surface area contributed by atoms with Gasteiger partial charge in [0, 0.05) is 15.9 Å². The molecule has 0 amide bonds. The van der Waals surface area contributed by atoms with E-state index in [9.17, 15) is 0 Å². The lowest BCUT2D eigenvalue weighted by molar-refractivity contribution is 0.729. The first kappa shape index (κ1) is 13.6. The lowest BCUT2D eigenvalue weighted by atomic mass is 10.1. The zero-order valence-electron chi connectivity index (χ0n) is 10.7. The average Bonchev–Trinajstić information content (AvgIpc) is 2.76. The second kappa shape index (κ2) is 5.45. The summed E-state index contributed by atoms with van der Waals surface area (Å²) in [5.41, 5.74) is 4.55. The van der Waals surface area contributed by atoms with E-state index in [4.69, 9.17) is 11.6 Å². The molecule has 0 unspecified atom stereocenters. The molecule has 1 heterocycles. The normalized spacial score (nSPS) is 11.2. The van der Waals surface area contributed by atoms with Crippen molar-refractivity contribution in [2.45, 2.75) is 32.0 Å². The van der Waals surface area contributed by atoms with Gasteiger partial charge in [-0.1, -0.05) is 47.4 Å². The highest BCUT2D eigenvalue weighted by molar-refractivity contribution is 9.08. The second-order valence-corrected chi connectivity index (χ2v) is 5.66. The molecule has 0 radical (unpaired) electrons. The molecule has 18 heavy (non-hydrogen) atoms. The van der Waals surface area contributed by atoms with Crippen LogP contribution in [0, 0.1) is 6.92 Å². The number of aryl methyl sites for hydroxylation is 1. The van der Waals surface area contributed by atoms with E-state index in [1.165, 1.54) is 11.3 Å². The maximum atomic E-state index is 6.19. The van der Waals surface area contributed by atoms with Crippen molar-refractivity contribution >= 4 is 27.5 Å². The van der Waals surface area contributed by atoms with Crippen LogP contribution in [0.5, 0.6) is 0 Å². The number of rotatable bonds is 3. The lowest BCUT2D eigenvalue weighted by Gasteiger charge is -2.13. The van der Waals surface area contributed by atoms with Gasteiger partial charge in [0.05, 0.1) is 17.6 Å². The van der Waals surface area contributed by atoms with Crippen LogP contribution < -0.4 is 0 Å². The van der Waals surface area contributed by atoms with Crippen LogP contribution in [0.1, 0.15) is 36.6 Å². The van der Waals surface area contributed by atoms with Gasteiger partial charge in [-0.3, -0.25) is 0 Å². The fraction of sp³-hybridized carbons (Fsp3) is 0.357. The molecule has 0 aliphatic carbocycles. The molecule has 0 bridgehead atoms. The number of benzene rings is 1. The van der Waals surface area contributed by atoms with Crippen LogP contribution in [0.3, 0.4) is 0 Å². The van der Waals surface area contributed by atoms with Gasteiger partial charge in [-0.25, -0.2) is 4.68 Å². The van der Waals surface area contributed by atoms with E-state index >= 15 is 0 Å². The molecule has 1 aromatic carbocycles. The van der Waals surface area contributed by atoms with E-state index in [0.717, 1.165) is 21.6 Å². The van der Waals surface area contributed by atoms with Crippen molar-refractivity contribution in [3.05, 3.63) is 46.2 Å². The highest BCUT2D eigenvalue weighted by atomic mass is 79.9. The fourth-order valence-electron chi connectivity index (χ4n) is 2.03. The summed E-state index contributed by atoms with van der Waals surface area (Å²) in [6, 6.07) is 6.04. The van der Waals surface area contributed by atoms with Crippen molar-refractivity contribution in [2.24, 2.45) is 0 Å². The predicted molar refractivity (Wildman–Crippen MR) is 80.0 cm³/mol. The maximum absolute atomic E-state index is 6.19. The van der Waals surface area contributed by atoms with Crippen LogP contribution in [0.2, 0.25) is 5.02 Å². The molecule has 0 saturated heterocycles. The number of hydrogen-bond donors (Lipinski definition) is 0. The molecular formula is C14H16BrClN2. The molecule has 2 rings (SSSR count). The standard InChI is InChI=1S/C14H16BrClN2/c1-9(2)14-11(7-15)8-17-18(14)12-5-4-10(3)13(16)6-12/h4-6,8-9H,7H2,1-3H3. The third-order valence-electron chi connectivity index (χ3n) is 2.98. The van der Waals surface area contributed by atoms with Crippen LogP contribution in [0.4, 0.5) is 0 Å². The van der Waals surface area contributed by atoms with Crippen LogP contribution in [-0.2, 0) is 5.33 Å². The Morgan fingerprint density at radius 1 is 1.39 bits per heavy atom. The van der Waals surface area contributed by atoms with Crippen molar-refractivity contribution in [3.8, 4) is 5.69 Å². The smallest absolute Gasteiger partial charge is 0.0664 e. The molecule has 0 aliphatic rings. The minimum absolute atomic E-state index is 0.417. The van der Waals surface area contributed by atoms with Gasteiger partial charge < -0.3 is 0 Å². The SMILES string of the molecule is Cc1ccc(-n2ncc(CBr)c2C(C)C)cc1Cl. The number of halogens is 2. The third kappa shape index (κ3) is 2.47. The summed E-state index contributed by atoms with van der Waals surface area (Å²) in [4.78, 5) is 0. The number of aromatic nitrogens is 2. The van der Waals surface area contributed by atoms with Gasteiger partial charge in [0.2, 0.25) is 0 Å². The zero-order chi connectivity index (χ0) is 13.3. The lowest BCUT2D eigenvalue weighted by Crippen LogP contribution is -2.05. The first-order valence-electron chi connectivity index (χ1n) is 5.94. The molecular weight excluding hydrogens is 312 g/mol. The van der Waals surface area contributed by atoms with Gasteiger partial charge in [-0.05, 0) is 30.5 Å². The quantitative estimate of drug-likeness (QED) is 0.737. The summed E-state index contributed by atoms with van der Waals surface area (Å²) in [5.74, 6) is 0.417. The second-order valence-electron chi connectivity index (χ2n) is 4.69. The van der Waals surface area contributed by atoms with Gasteiger partial charge in [0.15, 0.2) is 0 Å². The Bertz CT molecular complexity index is 561. The van der Waals surface area contributed by atoms with Gasteiger partial charge in [0.1, 0.15) is 0 Å². The molecule has 0 fully saturated rings. The Morgan fingerprint density at radius 2 is 2.11 bits per heavy atom. The maximum Gasteiger partial charge on any atom is 0.0664 e. The molecule has 0 N–H and O–H groups in total. The van der Waals surface area contributed by atoms with E-state index in [0.29, 0.717) is 5.92 Å². The average molecular weight is 328 g/mol. The van der Waals surface area contributed by atoms with Crippen LogP contribution in [0.25, 0.3) is 5.69 Å². The van der Waals surface area contributed by atoms with E-state index in [1.54, 1.807) is 0 Å². The van der Waals surface area contributed by atoms with Crippen LogP contribution >= 0.6 is 27.5 Å². The topological polar surface area (TPSA) is 17.8 Å². The molecule has 0 aliphatic heterocycles. The Balaban J connectivity index is 2.56. The van der Waals surface area contributed by atoms with E-state index in [-0.39, 0.29) is 0 Å². The van der Waals surface area contributed by atoms with Crippen LogP contribution in [-0.4, -0.2) is 9.78 Å². The molecule has 96 valence electrons. The van der Waals surface area contributed by atoms with Crippen molar-refractivity contribution in [2.75, 3.05) is 0 Å². The molecule has 2 aromatic rings. The molecule has 1 aromatic heterocycles. The summed E-state index contributed by atoms with van der Waals surface area (Å²) in [5, 5.41) is 6.07. The monoisotopic (exact) mass is 326 g/mol. The molecule has 0 atom stereocenters. The van der Waals surface area contributed by atoms with Gasteiger partial charge in [-0.15, -0.1) is 0 Å². The minimum atomic E-state index is 0.417. The zero-order valence-corrected chi connectivity index (χ0v) is 13.1. The largest absolute Gasteiger partial charge is 0.237 e. The Labute approximate surface area is 121 Å². The summed E-state index contributed by atoms with van der Waals surface area (Å²) < 4.78 is 1.98. The Kier molecular flexibility index (Phi) is 4.13. The Morgan fingerprint density at radius 3 is 2.67 bits per heavy atom. The fourth-order valence-corrected chi connectivity index (χ4v) is 2.64. The van der Waals surface area contributed by atoms with Crippen LogP contribution in [0.15, 0.2) is 24.4 Å². The molecule has 2 nitrogen and oxygen atoms in total. The minimum Gasteiger partial charge on any atom is -0.237 e. The number of nitrogens with zero attached hydrogens (tertiary/aromatic N) is 2. The van der Waals surface area contributed by atoms with E-state index < -0.39 is 0 Å². The highest BCUT2D eigenvalue weighted by Crippen LogP contribution is 2.26. The molecule has 0 saturated carbocycles. The Hall–Kier alpha value is -0.800. The van der Waals surface area contributed by atoms with Gasteiger partial charge in [0.25, 0.3) is 0 Å². The van der Waals surface area contributed by atoms with Gasteiger partial charge in [-0.2, -0.15) is 5.10 Å². The number of alkyl halides is 1. The third-order valence-corrected chi connectivity index (χ3v) is 3.99. The predicted octanol–water partition coefficient (Wildman–Crippen LogP) is 4.85. The van der Waals surface area contributed by atoms with E-state index in [1.807, 2.05) is 29.9 Å². The van der Waals surface area contributed by atoms with Crippen molar-refractivity contribution < 1.29 is 0 Å². The first-order valence-corrected chi connectivity index (χ1v) is 7.43. The van der Waals surface area contributed by atoms with Crippen molar-refractivity contribution in [3.63, 3.8) is 0 Å². The summed E-state index contributed by atoms with van der Waals surface area (Å²) in [6.45, 7) is 6.35. The summed E-state index contributed by atoms with van der Waals surface area (Å²) >= 11 is 9.70. The van der Waals surface area contributed by atoms with E-state index in [2.05, 4.69) is 40.9 Å².